The van der Waals surface area contributed by atoms with Crippen LogP contribution in [0.2, 0.25) is 0 Å². The number of hydrogen-bond acceptors (Lipinski definition) is 3. The molecule has 5 nitrogen and oxygen atoms in total. The highest BCUT2D eigenvalue weighted by Gasteiger charge is 2.35. The van der Waals surface area contributed by atoms with E-state index in [9.17, 15) is 9.59 Å². The second kappa shape index (κ2) is 7.34. The zero-order chi connectivity index (χ0) is 17.1. The molecule has 2 N–H and O–H groups in total. The summed E-state index contributed by atoms with van der Waals surface area (Å²) >= 11 is 0. The number of carbonyl (C=O) groups is 2. The monoisotopic (exact) mass is 329 g/mol. The third-order valence-corrected chi connectivity index (χ3v) is 5.03. The lowest BCUT2D eigenvalue weighted by atomic mass is 9.94. The number of amides is 2. The first-order valence-corrected chi connectivity index (χ1v) is 8.97. The summed E-state index contributed by atoms with van der Waals surface area (Å²) in [6.45, 7) is 5.96. The van der Waals surface area contributed by atoms with Crippen LogP contribution in [0.4, 0.5) is 0 Å². The summed E-state index contributed by atoms with van der Waals surface area (Å²) < 4.78 is 0. The molecule has 130 valence electrons. The summed E-state index contributed by atoms with van der Waals surface area (Å²) in [7, 11) is 0. The molecule has 3 rings (SSSR count). The molecule has 2 aliphatic heterocycles. The SMILES string of the molecule is CC(C)C(=O)N1CCCC1C(=O)NCC1NCCc2ccccc21. The molecule has 2 aliphatic rings. The first kappa shape index (κ1) is 17.0. The molecule has 0 aliphatic carbocycles. The molecule has 0 aromatic heterocycles. The minimum atomic E-state index is -0.307. The Bertz CT molecular complexity index is 614. The van der Waals surface area contributed by atoms with Crippen molar-refractivity contribution in [3.63, 3.8) is 0 Å². The van der Waals surface area contributed by atoms with Crippen molar-refractivity contribution < 1.29 is 9.59 Å². The lowest BCUT2D eigenvalue weighted by Crippen LogP contribution is -2.49. The fraction of sp³-hybridized carbons (Fsp3) is 0.579. The number of carbonyl (C=O) groups excluding carboxylic acids is 2. The first-order chi connectivity index (χ1) is 11.6. The Morgan fingerprint density at radius 1 is 1.33 bits per heavy atom. The number of nitrogens with zero attached hydrogens (tertiary/aromatic N) is 1. The number of rotatable bonds is 4. The second-order valence-corrected chi connectivity index (χ2v) is 7.05. The number of hydrogen-bond donors (Lipinski definition) is 2. The molecule has 2 heterocycles. The number of fused-ring (bicyclic) bond motifs is 1. The summed E-state index contributed by atoms with van der Waals surface area (Å²) in [6, 6.07) is 8.23. The molecule has 24 heavy (non-hydrogen) atoms. The van der Waals surface area contributed by atoms with E-state index in [1.54, 1.807) is 4.90 Å². The quantitative estimate of drug-likeness (QED) is 0.883. The van der Waals surface area contributed by atoms with Crippen LogP contribution in [-0.2, 0) is 16.0 Å². The molecule has 0 spiro atoms. The normalized spacial score (nSPS) is 23.2. The number of nitrogens with one attached hydrogen (secondary N) is 2. The van der Waals surface area contributed by atoms with Crippen molar-refractivity contribution in [2.45, 2.75) is 45.2 Å². The van der Waals surface area contributed by atoms with E-state index in [0.29, 0.717) is 13.1 Å². The van der Waals surface area contributed by atoms with Crippen LogP contribution >= 0.6 is 0 Å². The molecular weight excluding hydrogens is 302 g/mol. The van der Waals surface area contributed by atoms with Crippen LogP contribution in [0.3, 0.4) is 0 Å². The fourth-order valence-corrected chi connectivity index (χ4v) is 3.73. The van der Waals surface area contributed by atoms with Gasteiger partial charge in [-0.3, -0.25) is 9.59 Å². The van der Waals surface area contributed by atoms with Gasteiger partial charge in [-0.25, -0.2) is 0 Å². The van der Waals surface area contributed by atoms with Gasteiger partial charge in [0, 0.05) is 25.0 Å². The highest BCUT2D eigenvalue weighted by atomic mass is 16.2. The van der Waals surface area contributed by atoms with E-state index in [1.165, 1.54) is 11.1 Å². The molecule has 1 aromatic rings. The van der Waals surface area contributed by atoms with E-state index < -0.39 is 0 Å². The number of likely N-dealkylation sites (tertiary alicyclic amines) is 1. The minimum Gasteiger partial charge on any atom is -0.352 e. The van der Waals surface area contributed by atoms with Crippen molar-refractivity contribution >= 4 is 11.8 Å². The van der Waals surface area contributed by atoms with E-state index in [1.807, 2.05) is 19.9 Å². The van der Waals surface area contributed by atoms with Gasteiger partial charge in [-0.2, -0.15) is 0 Å². The van der Waals surface area contributed by atoms with Gasteiger partial charge in [0.25, 0.3) is 0 Å². The molecule has 0 bridgehead atoms. The maximum Gasteiger partial charge on any atom is 0.242 e. The lowest BCUT2D eigenvalue weighted by molar-refractivity contribution is -0.140. The highest BCUT2D eigenvalue weighted by Crippen LogP contribution is 2.23. The smallest absolute Gasteiger partial charge is 0.242 e. The van der Waals surface area contributed by atoms with Gasteiger partial charge in [-0.15, -0.1) is 0 Å². The number of benzene rings is 1. The average Bonchev–Trinajstić information content (AvgIpc) is 3.08. The topological polar surface area (TPSA) is 61.4 Å². The van der Waals surface area contributed by atoms with E-state index in [0.717, 1.165) is 25.8 Å². The Hall–Kier alpha value is -1.88. The molecular formula is C19H27N3O2. The van der Waals surface area contributed by atoms with Gasteiger partial charge < -0.3 is 15.5 Å². The van der Waals surface area contributed by atoms with Crippen LogP contribution in [0.15, 0.2) is 24.3 Å². The maximum absolute atomic E-state index is 12.6. The van der Waals surface area contributed by atoms with E-state index in [2.05, 4.69) is 28.8 Å². The second-order valence-electron chi connectivity index (χ2n) is 7.05. The van der Waals surface area contributed by atoms with Gasteiger partial charge in [-0.05, 0) is 36.9 Å². The Balaban J connectivity index is 1.61. The summed E-state index contributed by atoms with van der Waals surface area (Å²) in [5.74, 6) is -0.00886. The average molecular weight is 329 g/mol. The standard InChI is InChI=1S/C19H27N3O2/c1-13(2)19(24)22-11-5-8-17(22)18(23)21-12-16-15-7-4-3-6-14(15)9-10-20-16/h3-4,6-7,13,16-17,20H,5,8-12H2,1-2H3,(H,21,23). The summed E-state index contributed by atoms with van der Waals surface area (Å²) in [5.41, 5.74) is 2.62. The molecule has 1 saturated heterocycles. The van der Waals surface area contributed by atoms with Crippen LogP contribution < -0.4 is 10.6 Å². The van der Waals surface area contributed by atoms with Crippen LogP contribution in [0.1, 0.15) is 43.9 Å². The molecule has 2 atom stereocenters. The van der Waals surface area contributed by atoms with E-state index >= 15 is 0 Å². The molecule has 0 saturated carbocycles. The molecule has 2 amide bonds. The zero-order valence-electron chi connectivity index (χ0n) is 14.5. The fourth-order valence-electron chi connectivity index (χ4n) is 3.73. The van der Waals surface area contributed by atoms with Crippen molar-refractivity contribution in [1.82, 2.24) is 15.5 Å². The third kappa shape index (κ3) is 3.46. The van der Waals surface area contributed by atoms with Crippen molar-refractivity contribution in [2.24, 2.45) is 5.92 Å². The molecule has 5 heteroatoms. The summed E-state index contributed by atoms with van der Waals surface area (Å²) in [4.78, 5) is 26.6. The third-order valence-electron chi connectivity index (χ3n) is 5.03. The largest absolute Gasteiger partial charge is 0.352 e. The lowest BCUT2D eigenvalue weighted by Gasteiger charge is -2.29. The van der Waals surface area contributed by atoms with Crippen molar-refractivity contribution in [1.29, 1.82) is 0 Å². The van der Waals surface area contributed by atoms with E-state index in [-0.39, 0.29) is 29.8 Å². The van der Waals surface area contributed by atoms with E-state index in [4.69, 9.17) is 0 Å². The Morgan fingerprint density at radius 3 is 2.92 bits per heavy atom. The summed E-state index contributed by atoms with van der Waals surface area (Å²) in [6.07, 6.45) is 2.69. The molecule has 2 unspecified atom stereocenters. The van der Waals surface area contributed by atoms with Gasteiger partial charge in [0.1, 0.15) is 6.04 Å². The Labute approximate surface area is 143 Å². The maximum atomic E-state index is 12.6. The van der Waals surface area contributed by atoms with Crippen molar-refractivity contribution in [3.05, 3.63) is 35.4 Å². The predicted molar refractivity (Wildman–Crippen MR) is 93.5 cm³/mol. The Morgan fingerprint density at radius 2 is 2.12 bits per heavy atom. The summed E-state index contributed by atoms with van der Waals surface area (Å²) in [5, 5.41) is 6.54. The molecule has 1 fully saturated rings. The van der Waals surface area contributed by atoms with Crippen molar-refractivity contribution in [2.75, 3.05) is 19.6 Å². The van der Waals surface area contributed by atoms with Gasteiger partial charge in [-0.1, -0.05) is 38.1 Å². The molecule has 1 aromatic carbocycles. The van der Waals surface area contributed by atoms with Crippen LogP contribution in [0, 0.1) is 5.92 Å². The van der Waals surface area contributed by atoms with Crippen LogP contribution in [-0.4, -0.2) is 42.4 Å². The highest BCUT2D eigenvalue weighted by molar-refractivity contribution is 5.88. The van der Waals surface area contributed by atoms with Gasteiger partial charge in [0.15, 0.2) is 0 Å². The minimum absolute atomic E-state index is 0.0219. The first-order valence-electron chi connectivity index (χ1n) is 8.97. The van der Waals surface area contributed by atoms with Crippen LogP contribution in [0.5, 0.6) is 0 Å². The predicted octanol–water partition coefficient (Wildman–Crippen LogP) is 1.64. The van der Waals surface area contributed by atoms with Gasteiger partial charge >= 0.3 is 0 Å². The van der Waals surface area contributed by atoms with Gasteiger partial charge in [0.2, 0.25) is 11.8 Å². The van der Waals surface area contributed by atoms with Gasteiger partial charge in [0.05, 0.1) is 0 Å². The van der Waals surface area contributed by atoms with Crippen molar-refractivity contribution in [3.8, 4) is 0 Å². The van der Waals surface area contributed by atoms with Crippen LogP contribution in [0.25, 0.3) is 0 Å². The zero-order valence-corrected chi connectivity index (χ0v) is 14.5. The Kier molecular flexibility index (Phi) is 5.19. The molecule has 0 radical (unpaired) electrons.